The first-order valence-corrected chi connectivity index (χ1v) is 4.06. The fourth-order valence-corrected chi connectivity index (χ4v) is 1.48. The second-order valence-electron chi connectivity index (χ2n) is 2.87. The number of halogens is 1. The number of hydrogen-bond acceptors (Lipinski definition) is 2. The van der Waals surface area contributed by atoms with Crippen LogP contribution >= 0.6 is 0 Å². The van der Waals surface area contributed by atoms with Gasteiger partial charge in [-0.25, -0.2) is 4.39 Å². The number of methoxy groups -OCH3 is 1. The molecule has 0 amide bonds. The summed E-state index contributed by atoms with van der Waals surface area (Å²) in [6.07, 6.45) is 2.19. The number of H-pyrrole nitrogens is 1. The second-order valence-corrected chi connectivity index (χ2v) is 2.87. The van der Waals surface area contributed by atoms with Crippen molar-refractivity contribution in [3.8, 4) is 5.75 Å². The molecule has 4 heteroatoms. The van der Waals surface area contributed by atoms with Gasteiger partial charge in [-0.2, -0.15) is 0 Å². The zero-order valence-electron chi connectivity index (χ0n) is 7.50. The van der Waals surface area contributed by atoms with Crippen LogP contribution in [-0.2, 0) is 0 Å². The first-order valence-electron chi connectivity index (χ1n) is 4.06. The van der Waals surface area contributed by atoms with Crippen molar-refractivity contribution in [1.82, 2.24) is 4.98 Å². The molecule has 1 aromatic heterocycles. The maximum atomic E-state index is 13.3. The van der Waals surface area contributed by atoms with Gasteiger partial charge in [-0.3, -0.25) is 4.79 Å². The average Bonchev–Trinajstić information content (AvgIpc) is 2.61. The molecule has 0 aliphatic carbocycles. The zero-order valence-corrected chi connectivity index (χ0v) is 7.50. The van der Waals surface area contributed by atoms with E-state index in [1.54, 1.807) is 6.07 Å². The van der Waals surface area contributed by atoms with Crippen LogP contribution in [0.5, 0.6) is 5.75 Å². The summed E-state index contributed by atoms with van der Waals surface area (Å²) < 4.78 is 18.2. The fraction of sp³-hybridized carbons (Fsp3) is 0.100. The minimum Gasteiger partial charge on any atom is -0.493 e. The molecule has 0 radical (unpaired) electrons. The molecule has 14 heavy (non-hydrogen) atoms. The smallest absolute Gasteiger partial charge is 0.165 e. The molecule has 0 aliphatic heterocycles. The molecule has 0 unspecified atom stereocenters. The number of rotatable bonds is 2. The number of nitrogens with one attached hydrogen (secondary N) is 1. The fourth-order valence-electron chi connectivity index (χ4n) is 1.48. The highest BCUT2D eigenvalue weighted by Crippen LogP contribution is 2.30. The Morgan fingerprint density at radius 3 is 2.93 bits per heavy atom. The number of aldehydes is 1. The van der Waals surface area contributed by atoms with Crippen molar-refractivity contribution >= 4 is 17.2 Å². The van der Waals surface area contributed by atoms with Crippen molar-refractivity contribution in [3.63, 3.8) is 0 Å². The van der Waals surface area contributed by atoms with Crippen LogP contribution in [0.25, 0.3) is 10.9 Å². The zero-order chi connectivity index (χ0) is 10.1. The van der Waals surface area contributed by atoms with E-state index in [1.165, 1.54) is 19.4 Å². The van der Waals surface area contributed by atoms with E-state index in [9.17, 15) is 9.18 Å². The first kappa shape index (κ1) is 8.74. The molecular formula is C10H8FNO2. The second kappa shape index (κ2) is 3.14. The minimum atomic E-state index is -0.470. The van der Waals surface area contributed by atoms with Crippen molar-refractivity contribution in [2.24, 2.45) is 0 Å². The number of aromatic nitrogens is 1. The molecule has 2 aromatic rings. The Morgan fingerprint density at radius 2 is 2.29 bits per heavy atom. The van der Waals surface area contributed by atoms with E-state index in [0.29, 0.717) is 22.8 Å². The third-order valence-electron chi connectivity index (χ3n) is 2.11. The molecule has 0 bridgehead atoms. The summed E-state index contributed by atoms with van der Waals surface area (Å²) in [7, 11) is 1.37. The summed E-state index contributed by atoms with van der Waals surface area (Å²) in [5.74, 6) is -0.367. The van der Waals surface area contributed by atoms with E-state index >= 15 is 0 Å². The lowest BCUT2D eigenvalue weighted by molar-refractivity contribution is 0.112. The van der Waals surface area contributed by atoms with Crippen LogP contribution in [0.1, 0.15) is 10.4 Å². The SMILES string of the molecule is COc1c(F)ccc2[nH]cc(C=O)c12. The maximum Gasteiger partial charge on any atom is 0.165 e. The Hall–Kier alpha value is -1.84. The predicted octanol–water partition coefficient (Wildman–Crippen LogP) is 2.13. The van der Waals surface area contributed by atoms with Gasteiger partial charge >= 0.3 is 0 Å². The van der Waals surface area contributed by atoms with Crippen molar-refractivity contribution < 1.29 is 13.9 Å². The first-order chi connectivity index (χ1) is 6.77. The van der Waals surface area contributed by atoms with Crippen LogP contribution in [0.15, 0.2) is 18.3 Å². The molecule has 1 N–H and O–H groups in total. The molecule has 0 fully saturated rings. The molecule has 0 spiro atoms. The Kier molecular flexibility index (Phi) is 1.96. The van der Waals surface area contributed by atoms with E-state index in [4.69, 9.17) is 4.74 Å². The standard InChI is InChI=1S/C10H8FNO2/c1-14-10-7(11)2-3-8-9(10)6(5-13)4-12-8/h2-5,12H,1H3. The summed E-state index contributed by atoms with van der Waals surface area (Å²) in [5.41, 5.74) is 1.08. The van der Waals surface area contributed by atoms with E-state index in [-0.39, 0.29) is 5.75 Å². The Bertz CT molecular complexity index is 490. The minimum absolute atomic E-state index is 0.103. The normalized spacial score (nSPS) is 10.4. The monoisotopic (exact) mass is 193 g/mol. The predicted molar refractivity (Wildman–Crippen MR) is 50.2 cm³/mol. The van der Waals surface area contributed by atoms with Crippen molar-refractivity contribution in [2.75, 3.05) is 7.11 Å². The highest BCUT2D eigenvalue weighted by atomic mass is 19.1. The highest BCUT2D eigenvalue weighted by molar-refractivity contribution is 6.00. The number of carbonyl (C=O) groups excluding carboxylic acids is 1. The largest absolute Gasteiger partial charge is 0.493 e. The lowest BCUT2D eigenvalue weighted by Crippen LogP contribution is -1.90. The molecule has 3 nitrogen and oxygen atoms in total. The molecular weight excluding hydrogens is 185 g/mol. The maximum absolute atomic E-state index is 13.3. The van der Waals surface area contributed by atoms with Gasteiger partial charge in [0.05, 0.1) is 18.0 Å². The highest BCUT2D eigenvalue weighted by Gasteiger charge is 2.12. The summed E-state index contributed by atoms with van der Waals surface area (Å²) >= 11 is 0. The number of aromatic amines is 1. The number of carbonyl (C=O) groups is 1. The van der Waals surface area contributed by atoms with Gasteiger partial charge in [0, 0.05) is 11.8 Å². The van der Waals surface area contributed by atoms with E-state index < -0.39 is 5.82 Å². The van der Waals surface area contributed by atoms with Gasteiger partial charge in [0.2, 0.25) is 0 Å². The van der Waals surface area contributed by atoms with Crippen LogP contribution in [0.4, 0.5) is 4.39 Å². The van der Waals surface area contributed by atoms with Gasteiger partial charge in [-0.1, -0.05) is 0 Å². The number of fused-ring (bicyclic) bond motifs is 1. The van der Waals surface area contributed by atoms with Crippen molar-refractivity contribution in [2.45, 2.75) is 0 Å². The summed E-state index contributed by atoms with van der Waals surface area (Å²) in [5, 5.41) is 0.488. The lowest BCUT2D eigenvalue weighted by Gasteiger charge is -2.03. The number of ether oxygens (including phenoxy) is 1. The number of hydrogen-bond donors (Lipinski definition) is 1. The quantitative estimate of drug-likeness (QED) is 0.742. The van der Waals surface area contributed by atoms with Crippen LogP contribution in [0, 0.1) is 5.82 Å². The van der Waals surface area contributed by atoms with Crippen LogP contribution in [0.2, 0.25) is 0 Å². The van der Waals surface area contributed by atoms with E-state index in [0.717, 1.165) is 0 Å². The third-order valence-corrected chi connectivity index (χ3v) is 2.11. The van der Waals surface area contributed by atoms with Crippen LogP contribution < -0.4 is 4.74 Å². The van der Waals surface area contributed by atoms with Crippen LogP contribution in [0.3, 0.4) is 0 Å². The van der Waals surface area contributed by atoms with E-state index in [2.05, 4.69) is 4.98 Å². The molecule has 0 saturated carbocycles. The molecule has 0 saturated heterocycles. The van der Waals surface area contributed by atoms with Crippen LogP contribution in [-0.4, -0.2) is 18.4 Å². The summed E-state index contributed by atoms with van der Waals surface area (Å²) in [6.45, 7) is 0. The Labute approximate surface area is 79.5 Å². The third kappa shape index (κ3) is 1.08. The molecule has 2 rings (SSSR count). The van der Waals surface area contributed by atoms with Gasteiger partial charge in [0.15, 0.2) is 17.9 Å². The van der Waals surface area contributed by atoms with Gasteiger partial charge < -0.3 is 9.72 Å². The van der Waals surface area contributed by atoms with Gasteiger partial charge in [-0.15, -0.1) is 0 Å². The Balaban J connectivity index is 2.88. The molecule has 0 aliphatic rings. The summed E-state index contributed by atoms with van der Waals surface area (Å²) in [4.78, 5) is 13.5. The average molecular weight is 193 g/mol. The molecule has 1 heterocycles. The molecule has 1 aromatic carbocycles. The Morgan fingerprint density at radius 1 is 1.50 bits per heavy atom. The van der Waals surface area contributed by atoms with Gasteiger partial charge in [0.1, 0.15) is 0 Å². The molecule has 72 valence electrons. The number of benzene rings is 1. The molecule has 0 atom stereocenters. The van der Waals surface area contributed by atoms with Crippen molar-refractivity contribution in [1.29, 1.82) is 0 Å². The van der Waals surface area contributed by atoms with E-state index in [1.807, 2.05) is 0 Å². The van der Waals surface area contributed by atoms with Gasteiger partial charge in [-0.05, 0) is 12.1 Å². The van der Waals surface area contributed by atoms with Crippen molar-refractivity contribution in [3.05, 3.63) is 29.7 Å². The lowest BCUT2D eigenvalue weighted by atomic mass is 10.1. The summed E-state index contributed by atoms with van der Waals surface area (Å²) in [6, 6.07) is 2.87. The topological polar surface area (TPSA) is 42.1 Å². The van der Waals surface area contributed by atoms with Gasteiger partial charge in [0.25, 0.3) is 0 Å².